The molecule has 2 aromatic carbocycles. The summed E-state index contributed by atoms with van der Waals surface area (Å²) in [5.41, 5.74) is 0.749. The summed E-state index contributed by atoms with van der Waals surface area (Å²) in [7, 11) is -2.02. The molecule has 1 heterocycles. The SMILES string of the molecule is CN(C1CCCC1)S(=O)(=O)c1ccc(C(=O)Nc2nnc(-c3ccc(F)cc3)o2)cc1. The summed E-state index contributed by atoms with van der Waals surface area (Å²) >= 11 is 0. The van der Waals surface area contributed by atoms with Gasteiger partial charge in [-0.05, 0) is 61.4 Å². The predicted molar refractivity (Wildman–Crippen MR) is 111 cm³/mol. The Morgan fingerprint density at radius 3 is 2.35 bits per heavy atom. The highest BCUT2D eigenvalue weighted by Gasteiger charge is 2.30. The second kappa shape index (κ2) is 8.56. The van der Waals surface area contributed by atoms with E-state index >= 15 is 0 Å². The highest BCUT2D eigenvalue weighted by atomic mass is 32.2. The molecule has 0 aliphatic heterocycles. The van der Waals surface area contributed by atoms with Crippen molar-refractivity contribution in [3.63, 3.8) is 0 Å². The van der Waals surface area contributed by atoms with E-state index in [2.05, 4.69) is 15.5 Å². The van der Waals surface area contributed by atoms with E-state index in [0.29, 0.717) is 5.56 Å². The molecule has 0 atom stereocenters. The largest absolute Gasteiger partial charge is 0.403 e. The number of aromatic nitrogens is 2. The summed E-state index contributed by atoms with van der Waals surface area (Å²) in [6, 6.07) is 11.1. The van der Waals surface area contributed by atoms with E-state index in [1.807, 2.05) is 0 Å². The van der Waals surface area contributed by atoms with Crippen LogP contribution < -0.4 is 5.32 Å². The first kappa shape index (κ1) is 21.1. The second-order valence-corrected chi connectivity index (χ2v) is 9.35. The van der Waals surface area contributed by atoms with E-state index in [0.717, 1.165) is 25.7 Å². The monoisotopic (exact) mass is 444 g/mol. The zero-order valence-corrected chi connectivity index (χ0v) is 17.6. The molecule has 31 heavy (non-hydrogen) atoms. The van der Waals surface area contributed by atoms with Gasteiger partial charge in [-0.15, -0.1) is 5.10 Å². The molecule has 4 rings (SSSR count). The Hall–Kier alpha value is -3.11. The van der Waals surface area contributed by atoms with Gasteiger partial charge in [0.05, 0.1) is 4.90 Å². The number of benzene rings is 2. The van der Waals surface area contributed by atoms with Crippen LogP contribution in [0.1, 0.15) is 36.0 Å². The summed E-state index contributed by atoms with van der Waals surface area (Å²) < 4.78 is 45.5. The van der Waals surface area contributed by atoms with Crippen molar-refractivity contribution in [3.05, 3.63) is 59.9 Å². The van der Waals surface area contributed by atoms with Crippen LogP contribution in [0.15, 0.2) is 57.8 Å². The second-order valence-electron chi connectivity index (χ2n) is 7.36. The number of nitrogens with zero attached hydrogens (tertiary/aromatic N) is 3. The van der Waals surface area contributed by atoms with Crippen molar-refractivity contribution in [2.24, 2.45) is 0 Å². The van der Waals surface area contributed by atoms with Crippen LogP contribution in [0.4, 0.5) is 10.4 Å². The van der Waals surface area contributed by atoms with Crippen LogP contribution in [0.2, 0.25) is 0 Å². The van der Waals surface area contributed by atoms with Gasteiger partial charge in [0, 0.05) is 24.2 Å². The Labute approximate surface area is 179 Å². The minimum Gasteiger partial charge on any atom is -0.403 e. The van der Waals surface area contributed by atoms with Crippen LogP contribution in [0.5, 0.6) is 0 Å². The third-order valence-electron chi connectivity index (χ3n) is 5.37. The number of amides is 1. The van der Waals surface area contributed by atoms with Gasteiger partial charge in [-0.2, -0.15) is 4.31 Å². The fourth-order valence-electron chi connectivity index (χ4n) is 3.56. The van der Waals surface area contributed by atoms with Crippen LogP contribution in [0.25, 0.3) is 11.5 Å². The standard InChI is InChI=1S/C21H21FN4O4S/c1-26(17-4-2-3-5-17)31(28,29)18-12-8-14(9-13-18)19(27)23-21-25-24-20(30-21)15-6-10-16(22)11-7-15/h6-13,17H,2-5H2,1H3,(H,23,25,27). The van der Waals surface area contributed by atoms with Crippen molar-refractivity contribution >= 4 is 21.9 Å². The Bertz CT molecular complexity index is 1170. The van der Waals surface area contributed by atoms with E-state index in [4.69, 9.17) is 4.42 Å². The normalized spacial score (nSPS) is 14.8. The Morgan fingerprint density at radius 2 is 1.71 bits per heavy atom. The summed E-state index contributed by atoms with van der Waals surface area (Å²) in [5.74, 6) is -0.786. The van der Waals surface area contributed by atoms with Crippen molar-refractivity contribution in [3.8, 4) is 11.5 Å². The molecular formula is C21H21FN4O4S. The molecule has 1 aliphatic carbocycles. The molecule has 0 unspecified atom stereocenters. The van der Waals surface area contributed by atoms with Crippen LogP contribution in [0.3, 0.4) is 0 Å². The van der Waals surface area contributed by atoms with E-state index < -0.39 is 21.7 Å². The van der Waals surface area contributed by atoms with E-state index in [-0.39, 0.29) is 28.4 Å². The highest BCUT2D eigenvalue weighted by Crippen LogP contribution is 2.27. The number of carbonyl (C=O) groups is 1. The van der Waals surface area contributed by atoms with E-state index in [1.165, 1.54) is 52.8 Å². The third-order valence-corrected chi connectivity index (χ3v) is 7.29. The van der Waals surface area contributed by atoms with Crippen molar-refractivity contribution < 1.29 is 22.0 Å². The lowest BCUT2D eigenvalue weighted by molar-refractivity contribution is 0.102. The highest BCUT2D eigenvalue weighted by molar-refractivity contribution is 7.89. The molecule has 1 aromatic heterocycles. The van der Waals surface area contributed by atoms with Crippen LogP contribution in [-0.2, 0) is 10.0 Å². The number of anilines is 1. The van der Waals surface area contributed by atoms with Gasteiger partial charge in [-0.25, -0.2) is 12.8 Å². The molecule has 1 amide bonds. The Balaban J connectivity index is 1.44. The molecular weight excluding hydrogens is 423 g/mol. The smallest absolute Gasteiger partial charge is 0.322 e. The molecule has 162 valence electrons. The van der Waals surface area contributed by atoms with E-state index in [9.17, 15) is 17.6 Å². The molecule has 1 aliphatic rings. The minimum absolute atomic E-state index is 0.0146. The molecule has 3 aromatic rings. The maximum atomic E-state index is 13.0. The van der Waals surface area contributed by atoms with Gasteiger partial charge >= 0.3 is 6.01 Å². The molecule has 0 bridgehead atoms. The number of sulfonamides is 1. The Morgan fingerprint density at radius 1 is 1.06 bits per heavy atom. The van der Waals surface area contributed by atoms with Crippen molar-refractivity contribution in [1.29, 1.82) is 0 Å². The maximum absolute atomic E-state index is 13.0. The number of halogens is 1. The zero-order valence-electron chi connectivity index (χ0n) is 16.8. The lowest BCUT2D eigenvalue weighted by atomic mass is 10.2. The Kier molecular flexibility index (Phi) is 5.84. The number of hydrogen-bond acceptors (Lipinski definition) is 6. The molecule has 0 saturated heterocycles. The zero-order chi connectivity index (χ0) is 22.0. The molecule has 1 saturated carbocycles. The number of nitrogens with one attached hydrogen (secondary N) is 1. The van der Waals surface area contributed by atoms with Gasteiger partial charge in [-0.1, -0.05) is 17.9 Å². The maximum Gasteiger partial charge on any atom is 0.322 e. The fraction of sp³-hybridized carbons (Fsp3) is 0.286. The summed E-state index contributed by atoms with van der Waals surface area (Å²) in [6.45, 7) is 0. The summed E-state index contributed by atoms with van der Waals surface area (Å²) in [6.07, 6.45) is 3.78. The molecule has 8 nitrogen and oxygen atoms in total. The first-order valence-corrected chi connectivity index (χ1v) is 11.3. The van der Waals surface area contributed by atoms with Gasteiger partial charge in [0.25, 0.3) is 5.91 Å². The molecule has 0 radical (unpaired) electrons. The van der Waals surface area contributed by atoms with Crippen LogP contribution in [0, 0.1) is 5.82 Å². The quantitative estimate of drug-likeness (QED) is 0.622. The molecule has 1 fully saturated rings. The first-order valence-electron chi connectivity index (χ1n) is 9.83. The molecule has 10 heteroatoms. The third kappa shape index (κ3) is 4.49. The van der Waals surface area contributed by atoms with Crippen LogP contribution in [-0.4, -0.2) is 41.9 Å². The lowest BCUT2D eigenvalue weighted by Crippen LogP contribution is -2.35. The predicted octanol–water partition coefficient (Wildman–Crippen LogP) is 3.69. The van der Waals surface area contributed by atoms with Gasteiger partial charge in [0.15, 0.2) is 0 Å². The first-order chi connectivity index (χ1) is 14.8. The molecule has 0 spiro atoms. The van der Waals surface area contributed by atoms with Crippen molar-refractivity contribution in [1.82, 2.24) is 14.5 Å². The fourth-order valence-corrected chi connectivity index (χ4v) is 4.98. The number of hydrogen-bond donors (Lipinski definition) is 1. The van der Waals surface area contributed by atoms with Crippen molar-refractivity contribution in [2.75, 3.05) is 12.4 Å². The van der Waals surface area contributed by atoms with E-state index in [1.54, 1.807) is 7.05 Å². The van der Waals surface area contributed by atoms with Crippen molar-refractivity contribution in [2.45, 2.75) is 36.6 Å². The van der Waals surface area contributed by atoms with Gasteiger partial charge < -0.3 is 4.42 Å². The lowest BCUT2D eigenvalue weighted by Gasteiger charge is -2.23. The number of rotatable bonds is 6. The average molecular weight is 444 g/mol. The average Bonchev–Trinajstić information content (AvgIpc) is 3.46. The molecule has 1 N–H and O–H groups in total. The number of carbonyl (C=O) groups excluding carboxylic acids is 1. The summed E-state index contributed by atoms with van der Waals surface area (Å²) in [4.78, 5) is 12.6. The van der Waals surface area contributed by atoms with Gasteiger partial charge in [0.2, 0.25) is 15.9 Å². The van der Waals surface area contributed by atoms with Gasteiger partial charge in [0.1, 0.15) is 5.82 Å². The minimum atomic E-state index is -3.62. The van der Waals surface area contributed by atoms with Gasteiger partial charge in [-0.3, -0.25) is 10.1 Å². The van der Waals surface area contributed by atoms with Crippen LogP contribution >= 0.6 is 0 Å². The topological polar surface area (TPSA) is 105 Å². The summed E-state index contributed by atoms with van der Waals surface area (Å²) in [5, 5.41) is 10.1.